The van der Waals surface area contributed by atoms with Crippen molar-refractivity contribution in [2.45, 2.75) is 12.8 Å². The third-order valence-electron chi connectivity index (χ3n) is 3.17. The molecule has 0 saturated carbocycles. The zero-order chi connectivity index (χ0) is 12.8. The van der Waals surface area contributed by atoms with E-state index in [0.29, 0.717) is 19.6 Å². The van der Waals surface area contributed by atoms with E-state index < -0.39 is 9.84 Å². The van der Waals surface area contributed by atoms with E-state index in [-0.39, 0.29) is 11.2 Å². The van der Waals surface area contributed by atoms with Crippen molar-refractivity contribution < 1.29 is 17.9 Å². The van der Waals surface area contributed by atoms with Crippen molar-refractivity contribution in [1.82, 2.24) is 5.32 Å². The largest absolute Gasteiger partial charge is 0.383 e. The van der Waals surface area contributed by atoms with Crippen LogP contribution in [0.1, 0.15) is 12.8 Å². The summed E-state index contributed by atoms with van der Waals surface area (Å²) in [6.45, 7) is 3.64. The molecule has 6 heteroatoms. The predicted molar refractivity (Wildman–Crippen MR) is 66.9 cm³/mol. The number of hydrogen-bond acceptors (Lipinski definition) is 5. The molecule has 1 heterocycles. The number of hydrogen-bond donors (Lipinski definition) is 1. The first kappa shape index (κ1) is 14.9. The van der Waals surface area contributed by atoms with E-state index in [1.165, 1.54) is 6.26 Å². The Morgan fingerprint density at radius 3 is 2.76 bits per heavy atom. The van der Waals surface area contributed by atoms with E-state index in [1.54, 1.807) is 7.11 Å². The van der Waals surface area contributed by atoms with E-state index in [1.807, 2.05) is 0 Å². The van der Waals surface area contributed by atoms with E-state index >= 15 is 0 Å². The summed E-state index contributed by atoms with van der Waals surface area (Å²) in [4.78, 5) is 0. The topological polar surface area (TPSA) is 64.6 Å². The lowest BCUT2D eigenvalue weighted by Gasteiger charge is -2.27. The Balaban J connectivity index is 2.39. The minimum Gasteiger partial charge on any atom is -0.383 e. The maximum Gasteiger partial charge on any atom is 0.147 e. The van der Waals surface area contributed by atoms with Crippen molar-refractivity contribution in [3.05, 3.63) is 0 Å². The Morgan fingerprint density at radius 1 is 1.47 bits per heavy atom. The van der Waals surface area contributed by atoms with Crippen LogP contribution in [0, 0.1) is 5.41 Å². The normalized spacial score (nSPS) is 25.3. The van der Waals surface area contributed by atoms with Gasteiger partial charge in [-0.25, -0.2) is 8.42 Å². The highest BCUT2D eigenvalue weighted by Crippen LogP contribution is 2.32. The molecule has 5 nitrogen and oxygen atoms in total. The van der Waals surface area contributed by atoms with Crippen LogP contribution in [-0.2, 0) is 19.3 Å². The molecule has 0 aromatic rings. The van der Waals surface area contributed by atoms with Crippen LogP contribution in [0.15, 0.2) is 0 Å². The molecule has 1 unspecified atom stereocenters. The standard InChI is InChI=1S/C11H23NO4S/c1-15-7-5-12-9-11(3-6-16-10-11)4-8-17(2,13)14/h12H,3-10H2,1-2H3. The van der Waals surface area contributed by atoms with Crippen LogP contribution in [0.4, 0.5) is 0 Å². The third kappa shape index (κ3) is 5.81. The first-order chi connectivity index (χ1) is 7.97. The average Bonchev–Trinajstić information content (AvgIpc) is 2.71. The Labute approximate surface area is 104 Å². The fraction of sp³-hybridized carbons (Fsp3) is 1.00. The van der Waals surface area contributed by atoms with Crippen molar-refractivity contribution in [2.75, 3.05) is 52.0 Å². The van der Waals surface area contributed by atoms with Gasteiger partial charge in [0, 0.05) is 38.5 Å². The van der Waals surface area contributed by atoms with E-state index in [9.17, 15) is 8.42 Å². The second-order valence-electron chi connectivity index (χ2n) is 4.85. The molecule has 17 heavy (non-hydrogen) atoms. The van der Waals surface area contributed by atoms with Gasteiger partial charge in [-0.3, -0.25) is 0 Å². The lowest BCUT2D eigenvalue weighted by molar-refractivity contribution is 0.143. The van der Waals surface area contributed by atoms with E-state index in [2.05, 4.69) is 5.32 Å². The minimum atomic E-state index is -2.89. The Morgan fingerprint density at radius 2 is 2.24 bits per heavy atom. The zero-order valence-electron chi connectivity index (χ0n) is 10.7. The molecule has 1 aliphatic rings. The summed E-state index contributed by atoms with van der Waals surface area (Å²) in [5, 5.41) is 3.31. The molecule has 1 saturated heterocycles. The van der Waals surface area contributed by atoms with Crippen molar-refractivity contribution >= 4 is 9.84 Å². The van der Waals surface area contributed by atoms with Crippen molar-refractivity contribution in [1.29, 1.82) is 0 Å². The molecule has 0 aromatic carbocycles. The highest BCUT2D eigenvalue weighted by molar-refractivity contribution is 7.90. The first-order valence-corrected chi connectivity index (χ1v) is 7.99. The molecule has 1 atom stereocenters. The van der Waals surface area contributed by atoms with Gasteiger partial charge in [-0.1, -0.05) is 0 Å². The van der Waals surface area contributed by atoms with Crippen molar-refractivity contribution in [3.63, 3.8) is 0 Å². The summed E-state index contributed by atoms with van der Waals surface area (Å²) >= 11 is 0. The average molecular weight is 265 g/mol. The molecule has 0 spiro atoms. The number of ether oxygens (including phenoxy) is 2. The van der Waals surface area contributed by atoms with E-state index in [0.717, 1.165) is 26.1 Å². The summed E-state index contributed by atoms with van der Waals surface area (Å²) in [6.07, 6.45) is 2.89. The second kappa shape index (κ2) is 6.68. The van der Waals surface area contributed by atoms with Gasteiger partial charge >= 0.3 is 0 Å². The van der Waals surface area contributed by atoms with Gasteiger partial charge < -0.3 is 14.8 Å². The Kier molecular flexibility index (Phi) is 5.85. The molecule has 1 rings (SSSR count). The highest BCUT2D eigenvalue weighted by atomic mass is 32.2. The number of methoxy groups -OCH3 is 1. The van der Waals surface area contributed by atoms with Gasteiger partial charge in [0.05, 0.1) is 19.0 Å². The van der Waals surface area contributed by atoms with Crippen LogP contribution in [-0.4, -0.2) is 60.4 Å². The minimum absolute atomic E-state index is 0.0170. The third-order valence-corrected chi connectivity index (χ3v) is 4.12. The van der Waals surface area contributed by atoms with Gasteiger partial charge in [0.1, 0.15) is 9.84 Å². The lowest BCUT2D eigenvalue weighted by Crippen LogP contribution is -2.37. The summed E-state index contributed by atoms with van der Waals surface area (Å²) in [5.41, 5.74) is -0.0170. The molecule has 0 radical (unpaired) electrons. The number of sulfone groups is 1. The van der Waals surface area contributed by atoms with Gasteiger partial charge in [0.15, 0.2) is 0 Å². The van der Waals surface area contributed by atoms with Crippen LogP contribution < -0.4 is 5.32 Å². The Bertz CT molecular complexity index is 309. The SMILES string of the molecule is COCCNCC1(CCS(C)(=O)=O)CCOC1. The van der Waals surface area contributed by atoms with Gasteiger partial charge in [0.25, 0.3) is 0 Å². The molecule has 0 aliphatic carbocycles. The molecular weight excluding hydrogens is 242 g/mol. The van der Waals surface area contributed by atoms with Crippen LogP contribution in [0.2, 0.25) is 0 Å². The number of nitrogens with one attached hydrogen (secondary N) is 1. The molecule has 0 amide bonds. The molecule has 0 bridgehead atoms. The van der Waals surface area contributed by atoms with Crippen LogP contribution >= 0.6 is 0 Å². The van der Waals surface area contributed by atoms with Crippen molar-refractivity contribution in [2.24, 2.45) is 5.41 Å². The summed E-state index contributed by atoms with van der Waals surface area (Å²) in [6, 6.07) is 0. The van der Waals surface area contributed by atoms with Crippen LogP contribution in [0.5, 0.6) is 0 Å². The molecular formula is C11H23NO4S. The van der Waals surface area contributed by atoms with E-state index in [4.69, 9.17) is 9.47 Å². The van der Waals surface area contributed by atoms with Gasteiger partial charge in [0.2, 0.25) is 0 Å². The van der Waals surface area contributed by atoms with Gasteiger partial charge in [-0.05, 0) is 12.8 Å². The maximum absolute atomic E-state index is 11.2. The van der Waals surface area contributed by atoms with Gasteiger partial charge in [-0.2, -0.15) is 0 Å². The summed E-state index contributed by atoms with van der Waals surface area (Å²) in [7, 11) is -1.23. The fourth-order valence-corrected chi connectivity index (χ4v) is 2.81. The number of rotatable bonds is 8. The fourth-order valence-electron chi connectivity index (χ4n) is 2.00. The monoisotopic (exact) mass is 265 g/mol. The Hall–Kier alpha value is -0.170. The molecule has 102 valence electrons. The molecule has 1 fully saturated rings. The lowest BCUT2D eigenvalue weighted by atomic mass is 9.84. The van der Waals surface area contributed by atoms with Crippen LogP contribution in [0.25, 0.3) is 0 Å². The molecule has 1 aliphatic heterocycles. The summed E-state index contributed by atoms with van der Waals surface area (Å²) < 4.78 is 32.8. The summed E-state index contributed by atoms with van der Waals surface area (Å²) in [5.74, 6) is 0.238. The van der Waals surface area contributed by atoms with Gasteiger partial charge in [-0.15, -0.1) is 0 Å². The smallest absolute Gasteiger partial charge is 0.147 e. The first-order valence-electron chi connectivity index (χ1n) is 5.93. The molecule has 0 aromatic heterocycles. The predicted octanol–water partition coefficient (Wildman–Crippen LogP) is 0.0638. The quantitative estimate of drug-likeness (QED) is 0.629. The molecule has 1 N–H and O–H groups in total. The van der Waals surface area contributed by atoms with Crippen molar-refractivity contribution in [3.8, 4) is 0 Å². The zero-order valence-corrected chi connectivity index (χ0v) is 11.5. The highest BCUT2D eigenvalue weighted by Gasteiger charge is 2.35. The maximum atomic E-state index is 11.2. The second-order valence-corrected chi connectivity index (χ2v) is 7.11. The van der Waals surface area contributed by atoms with Crippen LogP contribution in [0.3, 0.4) is 0 Å².